The summed E-state index contributed by atoms with van der Waals surface area (Å²) in [6.07, 6.45) is -12.6. The summed E-state index contributed by atoms with van der Waals surface area (Å²) in [7, 11) is 0. The quantitative estimate of drug-likeness (QED) is 0.814. The number of alkyl halides is 6. The molecule has 8 heteroatoms. The van der Waals surface area contributed by atoms with Gasteiger partial charge in [-0.15, -0.1) is 0 Å². The van der Waals surface area contributed by atoms with Crippen LogP contribution in [0.2, 0.25) is 0 Å². The maximum absolute atomic E-state index is 12.3. The number of aliphatic hydroxyl groups is 1. The van der Waals surface area contributed by atoms with Crippen LogP contribution >= 0.6 is 0 Å². The van der Waals surface area contributed by atoms with Gasteiger partial charge in [-0.25, -0.2) is 0 Å². The van der Waals surface area contributed by atoms with Crippen molar-refractivity contribution < 1.29 is 31.4 Å². The third-order valence-electron chi connectivity index (χ3n) is 2.27. The largest absolute Gasteiger partial charge is 0.416 e. The summed E-state index contributed by atoms with van der Waals surface area (Å²) in [4.78, 5) is 0. The summed E-state index contributed by atoms with van der Waals surface area (Å²) in [6.45, 7) is 0. The van der Waals surface area contributed by atoms with Crippen LogP contribution in [0.15, 0.2) is 24.3 Å². The molecule has 0 heterocycles. The molecule has 0 fully saturated rings. The van der Waals surface area contributed by atoms with Crippen molar-refractivity contribution >= 4 is 0 Å². The van der Waals surface area contributed by atoms with Crippen molar-refractivity contribution in [2.45, 2.75) is 24.5 Å². The van der Waals surface area contributed by atoms with Crippen molar-refractivity contribution in [2.24, 2.45) is 5.73 Å². The molecule has 0 saturated heterocycles. The highest BCUT2D eigenvalue weighted by atomic mass is 19.4. The first-order valence-electron chi connectivity index (χ1n) is 4.71. The molecule has 2 nitrogen and oxygen atoms in total. The number of rotatable bonds is 2. The highest BCUT2D eigenvalue weighted by molar-refractivity contribution is 5.28. The fourth-order valence-corrected chi connectivity index (χ4v) is 1.31. The van der Waals surface area contributed by atoms with Gasteiger partial charge in [0.25, 0.3) is 0 Å². The van der Waals surface area contributed by atoms with Crippen LogP contribution < -0.4 is 5.73 Å². The molecular formula is C10H9F6NO. The molecule has 18 heavy (non-hydrogen) atoms. The zero-order chi connectivity index (χ0) is 14.1. The van der Waals surface area contributed by atoms with Crippen molar-refractivity contribution in [3.8, 4) is 0 Å². The molecule has 1 rings (SSSR count). The van der Waals surface area contributed by atoms with E-state index in [0.717, 1.165) is 12.1 Å². The van der Waals surface area contributed by atoms with E-state index >= 15 is 0 Å². The van der Waals surface area contributed by atoms with Gasteiger partial charge in [-0.2, -0.15) is 26.3 Å². The summed E-state index contributed by atoms with van der Waals surface area (Å²) < 4.78 is 73.5. The third-order valence-corrected chi connectivity index (χ3v) is 2.27. The van der Waals surface area contributed by atoms with Gasteiger partial charge in [-0.1, -0.05) is 12.1 Å². The molecule has 0 radical (unpaired) electrons. The minimum atomic E-state index is -4.99. The Morgan fingerprint density at radius 2 is 1.61 bits per heavy atom. The fraction of sp³-hybridized carbons (Fsp3) is 0.400. The fourth-order valence-electron chi connectivity index (χ4n) is 1.31. The Labute approximate surface area is 98.0 Å². The van der Waals surface area contributed by atoms with Crippen molar-refractivity contribution in [3.63, 3.8) is 0 Å². The lowest BCUT2D eigenvalue weighted by Gasteiger charge is -2.22. The molecule has 2 atom stereocenters. The van der Waals surface area contributed by atoms with Gasteiger partial charge in [-0.3, -0.25) is 0 Å². The van der Waals surface area contributed by atoms with Crippen LogP contribution in [0, 0.1) is 0 Å². The number of hydrogen-bond acceptors (Lipinski definition) is 2. The summed E-state index contributed by atoms with van der Waals surface area (Å²) in [5.41, 5.74) is 3.54. The van der Waals surface area contributed by atoms with Crippen molar-refractivity contribution in [3.05, 3.63) is 35.4 Å². The number of benzene rings is 1. The first-order valence-corrected chi connectivity index (χ1v) is 4.71. The lowest BCUT2D eigenvalue weighted by molar-refractivity contribution is -0.210. The van der Waals surface area contributed by atoms with E-state index in [1.165, 1.54) is 0 Å². The van der Waals surface area contributed by atoms with Gasteiger partial charge in [0, 0.05) is 0 Å². The Balaban J connectivity index is 3.04. The van der Waals surface area contributed by atoms with Crippen LogP contribution in [0.5, 0.6) is 0 Å². The Morgan fingerprint density at radius 1 is 1.06 bits per heavy atom. The highest BCUT2D eigenvalue weighted by Gasteiger charge is 2.43. The van der Waals surface area contributed by atoms with Crippen LogP contribution in [0.25, 0.3) is 0 Å². The summed E-state index contributed by atoms with van der Waals surface area (Å²) in [6, 6.07) is 1.15. The number of hydrogen-bond donors (Lipinski definition) is 2. The molecular weight excluding hydrogens is 264 g/mol. The van der Waals surface area contributed by atoms with E-state index in [4.69, 9.17) is 10.8 Å². The molecule has 0 saturated carbocycles. The van der Waals surface area contributed by atoms with Crippen molar-refractivity contribution in [1.29, 1.82) is 0 Å². The van der Waals surface area contributed by atoms with Gasteiger partial charge in [0.05, 0.1) is 11.6 Å². The lowest BCUT2D eigenvalue weighted by atomic mass is 9.99. The molecule has 0 spiro atoms. The van der Waals surface area contributed by atoms with Gasteiger partial charge >= 0.3 is 12.4 Å². The van der Waals surface area contributed by atoms with E-state index in [1.807, 2.05) is 0 Å². The molecule has 0 aromatic heterocycles. The molecule has 0 amide bonds. The van der Waals surface area contributed by atoms with Crippen LogP contribution in [0.4, 0.5) is 26.3 Å². The topological polar surface area (TPSA) is 46.2 Å². The Hall–Kier alpha value is -1.28. The second-order valence-electron chi connectivity index (χ2n) is 3.64. The van der Waals surface area contributed by atoms with E-state index < -0.39 is 35.6 Å². The molecule has 0 aliphatic carbocycles. The number of nitrogens with two attached hydrogens (primary N) is 1. The maximum Gasteiger partial charge on any atom is 0.416 e. The predicted molar refractivity (Wildman–Crippen MR) is 50.4 cm³/mol. The van der Waals surface area contributed by atoms with E-state index in [0.29, 0.717) is 12.1 Å². The van der Waals surface area contributed by atoms with Crippen LogP contribution in [0.3, 0.4) is 0 Å². The van der Waals surface area contributed by atoms with Gasteiger partial charge < -0.3 is 10.8 Å². The average Bonchev–Trinajstić information content (AvgIpc) is 2.25. The minimum absolute atomic E-state index is 0.436. The van der Waals surface area contributed by atoms with Crippen LogP contribution in [-0.4, -0.2) is 17.4 Å². The zero-order valence-electron chi connectivity index (χ0n) is 8.76. The number of halogens is 6. The van der Waals surface area contributed by atoms with Gasteiger partial charge in [0.2, 0.25) is 0 Å². The van der Waals surface area contributed by atoms with E-state index in [-0.39, 0.29) is 0 Å². The molecule has 1 aromatic carbocycles. The molecule has 0 aliphatic rings. The first kappa shape index (κ1) is 14.8. The smallest absolute Gasteiger partial charge is 0.382 e. The monoisotopic (exact) mass is 273 g/mol. The second-order valence-corrected chi connectivity index (χ2v) is 3.64. The van der Waals surface area contributed by atoms with Gasteiger partial charge in [0.1, 0.15) is 0 Å². The van der Waals surface area contributed by atoms with Gasteiger partial charge in [0.15, 0.2) is 6.10 Å². The average molecular weight is 273 g/mol. The maximum atomic E-state index is 12.3. The summed E-state index contributed by atoms with van der Waals surface area (Å²) in [5.74, 6) is 0. The first-order chi connectivity index (χ1) is 8.03. The van der Waals surface area contributed by atoms with E-state index in [9.17, 15) is 26.3 Å². The Bertz CT molecular complexity index is 414. The highest BCUT2D eigenvalue weighted by Crippen LogP contribution is 2.33. The predicted octanol–water partition coefficient (Wildman–Crippen LogP) is 2.63. The van der Waals surface area contributed by atoms with Crippen LogP contribution in [-0.2, 0) is 6.18 Å². The van der Waals surface area contributed by atoms with Gasteiger partial charge in [-0.05, 0) is 17.7 Å². The normalized spacial score (nSPS) is 16.4. The second kappa shape index (κ2) is 4.77. The number of aliphatic hydroxyl groups excluding tert-OH is 1. The Morgan fingerprint density at radius 3 is 2.06 bits per heavy atom. The third kappa shape index (κ3) is 3.36. The zero-order valence-corrected chi connectivity index (χ0v) is 8.76. The van der Waals surface area contributed by atoms with Crippen molar-refractivity contribution in [2.75, 3.05) is 0 Å². The molecule has 0 bridgehead atoms. The Kier molecular flexibility index (Phi) is 3.92. The summed E-state index contributed by atoms with van der Waals surface area (Å²) in [5, 5.41) is 8.87. The lowest BCUT2D eigenvalue weighted by Crippen LogP contribution is -2.38. The standard InChI is InChI=1S/C10H9F6NO/c11-9(12,13)6-3-1-2-5(4-6)7(17)8(18)10(14,15)16/h1-4,7-8,18H,17H2/t7-,8-/m0/s1. The molecule has 0 unspecified atom stereocenters. The summed E-state index contributed by atoms with van der Waals surface area (Å²) >= 11 is 0. The molecule has 0 aliphatic heterocycles. The molecule has 3 N–H and O–H groups in total. The van der Waals surface area contributed by atoms with Crippen LogP contribution in [0.1, 0.15) is 17.2 Å². The molecule has 1 aromatic rings. The van der Waals surface area contributed by atoms with E-state index in [1.54, 1.807) is 0 Å². The SMILES string of the molecule is N[C@@H](c1cccc(C(F)(F)F)c1)[C@H](O)C(F)(F)F. The minimum Gasteiger partial charge on any atom is -0.382 e. The van der Waals surface area contributed by atoms with Crippen molar-refractivity contribution in [1.82, 2.24) is 0 Å². The molecule has 102 valence electrons. The van der Waals surface area contributed by atoms with E-state index in [2.05, 4.69) is 0 Å².